The fraction of sp³-hybridized carbons (Fsp3) is 0.385. The molecule has 158 valence electrons. The van der Waals surface area contributed by atoms with Crippen LogP contribution in [0.2, 0.25) is 0 Å². The number of rotatable bonds is 7. The summed E-state index contributed by atoms with van der Waals surface area (Å²) in [6, 6.07) is 12.3. The standard InChI is InChI=1S/C26H33N3O/c1-18(2)15-29(26(30)23-9-7-19(3)8-10-23)17-25-27-11-12-28(25)16-24-21(5)13-20(4)14-22(24)6/h7-14,18H,15-17H2,1-6H3. The van der Waals surface area contributed by atoms with Gasteiger partial charge in [-0.2, -0.15) is 0 Å². The number of hydrogen-bond donors (Lipinski definition) is 0. The number of nitrogens with zero attached hydrogens (tertiary/aromatic N) is 3. The van der Waals surface area contributed by atoms with Gasteiger partial charge in [0, 0.05) is 31.0 Å². The quantitative estimate of drug-likeness (QED) is 0.525. The summed E-state index contributed by atoms with van der Waals surface area (Å²) >= 11 is 0. The van der Waals surface area contributed by atoms with Crippen LogP contribution in [0, 0.1) is 33.6 Å². The molecule has 0 unspecified atom stereocenters. The lowest BCUT2D eigenvalue weighted by molar-refractivity contribution is 0.0716. The second-order valence-electron chi connectivity index (χ2n) is 8.79. The molecule has 0 spiro atoms. The summed E-state index contributed by atoms with van der Waals surface area (Å²) in [6.07, 6.45) is 3.84. The predicted molar refractivity (Wildman–Crippen MR) is 123 cm³/mol. The zero-order valence-corrected chi connectivity index (χ0v) is 19.1. The molecular formula is C26H33N3O. The van der Waals surface area contributed by atoms with Crippen molar-refractivity contribution in [3.63, 3.8) is 0 Å². The summed E-state index contributed by atoms with van der Waals surface area (Å²) < 4.78 is 2.17. The number of aryl methyl sites for hydroxylation is 4. The Morgan fingerprint density at radius 2 is 1.63 bits per heavy atom. The van der Waals surface area contributed by atoms with E-state index in [1.807, 2.05) is 48.5 Å². The molecule has 0 radical (unpaired) electrons. The lowest BCUT2D eigenvalue weighted by Crippen LogP contribution is -2.34. The van der Waals surface area contributed by atoms with Gasteiger partial charge in [0.25, 0.3) is 5.91 Å². The summed E-state index contributed by atoms with van der Waals surface area (Å²) in [5, 5.41) is 0. The molecule has 0 saturated carbocycles. The minimum absolute atomic E-state index is 0.0564. The van der Waals surface area contributed by atoms with Gasteiger partial charge in [-0.05, 0) is 62.4 Å². The van der Waals surface area contributed by atoms with E-state index in [2.05, 4.69) is 56.3 Å². The number of amides is 1. The van der Waals surface area contributed by atoms with Crippen LogP contribution in [0.4, 0.5) is 0 Å². The Morgan fingerprint density at radius 3 is 2.23 bits per heavy atom. The SMILES string of the molecule is Cc1ccc(C(=O)N(Cc2nccn2Cc2c(C)cc(C)cc2C)CC(C)C)cc1. The van der Waals surface area contributed by atoms with E-state index in [1.165, 1.54) is 22.3 Å². The highest BCUT2D eigenvalue weighted by Crippen LogP contribution is 2.19. The molecule has 3 aromatic rings. The van der Waals surface area contributed by atoms with Crippen LogP contribution in [-0.2, 0) is 13.1 Å². The minimum atomic E-state index is 0.0564. The zero-order valence-electron chi connectivity index (χ0n) is 19.1. The summed E-state index contributed by atoms with van der Waals surface area (Å²) in [4.78, 5) is 19.7. The van der Waals surface area contributed by atoms with Crippen molar-refractivity contribution >= 4 is 5.91 Å². The molecule has 1 aromatic heterocycles. The van der Waals surface area contributed by atoms with Crippen molar-refractivity contribution in [3.8, 4) is 0 Å². The Bertz CT molecular complexity index is 992. The molecule has 0 fully saturated rings. The van der Waals surface area contributed by atoms with Crippen LogP contribution in [0.1, 0.15) is 57.8 Å². The van der Waals surface area contributed by atoms with Gasteiger partial charge < -0.3 is 9.47 Å². The molecule has 1 amide bonds. The fourth-order valence-electron chi connectivity index (χ4n) is 3.97. The van der Waals surface area contributed by atoms with E-state index in [0.29, 0.717) is 19.0 Å². The number of benzene rings is 2. The van der Waals surface area contributed by atoms with Gasteiger partial charge in [0.15, 0.2) is 0 Å². The lowest BCUT2D eigenvalue weighted by Gasteiger charge is -2.25. The number of carbonyl (C=O) groups excluding carboxylic acids is 1. The summed E-state index contributed by atoms with van der Waals surface area (Å²) in [5.74, 6) is 1.35. The topological polar surface area (TPSA) is 38.1 Å². The average Bonchev–Trinajstić information content (AvgIpc) is 3.10. The van der Waals surface area contributed by atoms with Gasteiger partial charge >= 0.3 is 0 Å². The monoisotopic (exact) mass is 403 g/mol. The molecule has 0 saturated heterocycles. The highest BCUT2D eigenvalue weighted by Gasteiger charge is 2.20. The number of hydrogen-bond acceptors (Lipinski definition) is 2. The average molecular weight is 404 g/mol. The van der Waals surface area contributed by atoms with E-state index in [0.717, 1.165) is 23.5 Å². The van der Waals surface area contributed by atoms with E-state index in [4.69, 9.17) is 0 Å². The summed E-state index contributed by atoms with van der Waals surface area (Å²) in [6.45, 7) is 14.7. The van der Waals surface area contributed by atoms with E-state index in [1.54, 1.807) is 0 Å². The number of imidazole rings is 1. The largest absolute Gasteiger partial charge is 0.331 e. The normalized spacial score (nSPS) is 11.2. The summed E-state index contributed by atoms with van der Waals surface area (Å²) in [7, 11) is 0. The molecule has 0 aliphatic carbocycles. The highest BCUT2D eigenvalue weighted by atomic mass is 16.2. The fourth-order valence-corrected chi connectivity index (χ4v) is 3.97. The zero-order chi connectivity index (χ0) is 21.8. The molecule has 30 heavy (non-hydrogen) atoms. The van der Waals surface area contributed by atoms with Crippen molar-refractivity contribution in [2.75, 3.05) is 6.54 Å². The van der Waals surface area contributed by atoms with Gasteiger partial charge in [0.1, 0.15) is 5.82 Å². The third-order valence-electron chi connectivity index (χ3n) is 5.47. The molecule has 0 N–H and O–H groups in total. The Kier molecular flexibility index (Phi) is 6.76. The van der Waals surface area contributed by atoms with Crippen molar-refractivity contribution in [1.29, 1.82) is 0 Å². The molecule has 0 aliphatic heterocycles. The van der Waals surface area contributed by atoms with Gasteiger partial charge in [-0.15, -0.1) is 0 Å². The Labute approximate surface area is 180 Å². The predicted octanol–water partition coefficient (Wildman–Crippen LogP) is 5.46. The molecule has 4 heteroatoms. The van der Waals surface area contributed by atoms with Crippen LogP contribution in [0.25, 0.3) is 0 Å². The Morgan fingerprint density at radius 1 is 1.00 bits per heavy atom. The molecule has 0 aliphatic rings. The molecule has 2 aromatic carbocycles. The van der Waals surface area contributed by atoms with Gasteiger partial charge in [-0.1, -0.05) is 49.2 Å². The highest BCUT2D eigenvalue weighted by molar-refractivity contribution is 5.94. The van der Waals surface area contributed by atoms with E-state index in [9.17, 15) is 4.79 Å². The van der Waals surface area contributed by atoms with Crippen molar-refractivity contribution in [2.45, 2.75) is 54.6 Å². The molecule has 3 rings (SSSR count). The van der Waals surface area contributed by atoms with Crippen LogP contribution in [0.5, 0.6) is 0 Å². The second-order valence-corrected chi connectivity index (χ2v) is 8.79. The van der Waals surface area contributed by atoms with Crippen LogP contribution in [0.15, 0.2) is 48.8 Å². The molecule has 0 bridgehead atoms. The van der Waals surface area contributed by atoms with Gasteiger partial charge in [0.2, 0.25) is 0 Å². The first kappa shape index (κ1) is 21.8. The second kappa shape index (κ2) is 9.29. The van der Waals surface area contributed by atoms with Crippen molar-refractivity contribution in [3.05, 3.63) is 88.0 Å². The molecule has 1 heterocycles. The van der Waals surface area contributed by atoms with E-state index >= 15 is 0 Å². The first-order chi connectivity index (χ1) is 14.2. The van der Waals surface area contributed by atoms with Crippen LogP contribution < -0.4 is 0 Å². The molecular weight excluding hydrogens is 370 g/mol. The Balaban J connectivity index is 1.85. The van der Waals surface area contributed by atoms with Gasteiger partial charge in [0.05, 0.1) is 6.54 Å². The van der Waals surface area contributed by atoms with E-state index in [-0.39, 0.29) is 5.91 Å². The number of carbonyl (C=O) groups is 1. The molecule has 4 nitrogen and oxygen atoms in total. The third-order valence-corrected chi connectivity index (χ3v) is 5.47. The van der Waals surface area contributed by atoms with Crippen LogP contribution >= 0.6 is 0 Å². The van der Waals surface area contributed by atoms with Crippen LogP contribution in [0.3, 0.4) is 0 Å². The van der Waals surface area contributed by atoms with Gasteiger partial charge in [-0.3, -0.25) is 4.79 Å². The smallest absolute Gasteiger partial charge is 0.254 e. The van der Waals surface area contributed by atoms with Crippen LogP contribution in [-0.4, -0.2) is 26.9 Å². The maximum Gasteiger partial charge on any atom is 0.254 e. The first-order valence-electron chi connectivity index (χ1n) is 10.7. The van der Waals surface area contributed by atoms with E-state index < -0.39 is 0 Å². The maximum absolute atomic E-state index is 13.2. The van der Waals surface area contributed by atoms with Gasteiger partial charge in [-0.25, -0.2) is 4.98 Å². The van der Waals surface area contributed by atoms with Crippen molar-refractivity contribution < 1.29 is 4.79 Å². The maximum atomic E-state index is 13.2. The third kappa shape index (κ3) is 5.18. The number of aromatic nitrogens is 2. The lowest BCUT2D eigenvalue weighted by atomic mass is 10.00. The Hall–Kier alpha value is -2.88. The molecule has 0 atom stereocenters. The summed E-state index contributed by atoms with van der Waals surface area (Å²) in [5.41, 5.74) is 7.07. The van der Waals surface area contributed by atoms with Crippen molar-refractivity contribution in [1.82, 2.24) is 14.5 Å². The van der Waals surface area contributed by atoms with Crippen molar-refractivity contribution in [2.24, 2.45) is 5.92 Å². The minimum Gasteiger partial charge on any atom is -0.331 e. The first-order valence-corrected chi connectivity index (χ1v) is 10.7.